The van der Waals surface area contributed by atoms with E-state index in [1.54, 1.807) is 5.82 Å². The molecule has 0 aromatic carbocycles. The molecule has 0 N–H and O–H groups in total. The van der Waals surface area contributed by atoms with E-state index in [9.17, 15) is 0 Å². The molecule has 1 aromatic rings. The molecule has 302 valence electrons. The first kappa shape index (κ1) is 48.2. The summed E-state index contributed by atoms with van der Waals surface area (Å²) in [7, 11) is 0. The monoisotopic (exact) mass is 714 g/mol. The Hall–Kier alpha value is -0.790. The largest absolute Gasteiger partial charge is 0.256 e. The van der Waals surface area contributed by atoms with Gasteiger partial charge in [0.25, 0.3) is 5.82 Å². The van der Waals surface area contributed by atoms with Crippen molar-refractivity contribution in [3.63, 3.8) is 0 Å². The molecule has 0 aliphatic heterocycles. The molecule has 1 aromatic heterocycles. The van der Waals surface area contributed by atoms with Crippen LogP contribution < -0.4 is 4.57 Å². The number of hydrogen-bond donors (Lipinski definition) is 0. The number of aryl methyl sites for hydroxylation is 2. The van der Waals surface area contributed by atoms with Crippen LogP contribution in [0.4, 0.5) is 0 Å². The van der Waals surface area contributed by atoms with Crippen molar-refractivity contribution in [2.24, 2.45) is 0 Å². The van der Waals surface area contributed by atoms with Gasteiger partial charge in [0, 0.05) is 6.42 Å². The average Bonchev–Trinajstić information content (AvgIpc) is 3.53. The van der Waals surface area contributed by atoms with Gasteiger partial charge in [0.2, 0.25) is 0 Å². The minimum Gasteiger partial charge on any atom is -0.234 e. The Morgan fingerprint density at radius 2 is 0.608 bits per heavy atom. The van der Waals surface area contributed by atoms with Crippen molar-refractivity contribution in [3.05, 3.63) is 18.2 Å². The summed E-state index contributed by atoms with van der Waals surface area (Å²) >= 11 is 0. The second kappa shape index (κ2) is 40.4. The van der Waals surface area contributed by atoms with Crippen LogP contribution in [-0.4, -0.2) is 4.57 Å². The normalized spacial score (nSPS) is 11.7. The van der Waals surface area contributed by atoms with E-state index in [0.717, 1.165) is 0 Å². The molecule has 0 radical (unpaired) electrons. The molecule has 0 fully saturated rings. The van der Waals surface area contributed by atoms with Gasteiger partial charge in [-0.15, -0.1) is 0 Å². The Kier molecular flexibility index (Phi) is 38.2. The second-order valence-corrected chi connectivity index (χ2v) is 16.9. The van der Waals surface area contributed by atoms with Crippen LogP contribution in [0.2, 0.25) is 0 Å². The number of hydrogen-bond acceptors (Lipinski definition) is 0. The first-order valence-electron chi connectivity index (χ1n) is 24.4. The first-order chi connectivity index (χ1) is 25.3. The molecule has 0 aliphatic rings. The van der Waals surface area contributed by atoms with Crippen LogP contribution in [0.3, 0.4) is 0 Å². The Morgan fingerprint density at radius 3 is 0.941 bits per heavy atom. The smallest absolute Gasteiger partial charge is 0.234 e. The number of imidazole rings is 1. The highest BCUT2D eigenvalue weighted by Gasteiger charge is 2.16. The zero-order chi connectivity index (χ0) is 36.6. The molecule has 0 amide bonds. The predicted octanol–water partition coefficient (Wildman–Crippen LogP) is 17.0. The van der Waals surface area contributed by atoms with Crippen LogP contribution in [-0.2, 0) is 19.5 Å². The predicted molar refractivity (Wildman–Crippen MR) is 230 cm³/mol. The summed E-state index contributed by atoms with van der Waals surface area (Å²) in [4.78, 5) is 0. The van der Waals surface area contributed by atoms with Crippen molar-refractivity contribution >= 4 is 0 Å². The van der Waals surface area contributed by atoms with Crippen LogP contribution in [0, 0.1) is 0 Å². The topological polar surface area (TPSA) is 8.81 Å². The lowest BCUT2D eigenvalue weighted by Crippen LogP contribution is -2.37. The van der Waals surface area contributed by atoms with E-state index in [-0.39, 0.29) is 0 Å². The standard InChI is InChI=1S/C49H97N2/c1-4-7-10-13-16-19-22-24-26-27-29-31-34-37-40-43-46-51-48-47-50(49(51)44-41-38-35-32-21-18-15-12-9-6-3)45-42-39-36-33-30-28-25-23-20-17-14-11-8-5-2/h47-48H,4-46H2,1-3H3/q+1. The Morgan fingerprint density at radius 1 is 0.333 bits per heavy atom. The molecular weight excluding hydrogens is 617 g/mol. The van der Waals surface area contributed by atoms with E-state index in [1.807, 2.05) is 0 Å². The van der Waals surface area contributed by atoms with Crippen molar-refractivity contribution in [3.8, 4) is 0 Å². The zero-order valence-corrected chi connectivity index (χ0v) is 36.0. The van der Waals surface area contributed by atoms with E-state index in [0.29, 0.717) is 0 Å². The summed E-state index contributed by atoms with van der Waals surface area (Å²) in [5.41, 5.74) is 0. The summed E-state index contributed by atoms with van der Waals surface area (Å²) in [6.07, 6.45) is 63.8. The van der Waals surface area contributed by atoms with Crippen molar-refractivity contribution in [1.82, 2.24) is 4.57 Å². The minimum atomic E-state index is 1.23. The molecule has 0 atom stereocenters. The van der Waals surface area contributed by atoms with Crippen LogP contribution in [0.5, 0.6) is 0 Å². The van der Waals surface area contributed by atoms with Gasteiger partial charge in [-0.2, -0.15) is 0 Å². The highest BCUT2D eigenvalue weighted by atomic mass is 15.1. The van der Waals surface area contributed by atoms with Gasteiger partial charge in [-0.05, 0) is 32.1 Å². The number of rotatable bonds is 43. The van der Waals surface area contributed by atoms with Gasteiger partial charge < -0.3 is 0 Å². The molecule has 0 aliphatic carbocycles. The zero-order valence-electron chi connectivity index (χ0n) is 36.0. The highest BCUT2D eigenvalue weighted by molar-refractivity contribution is 4.84. The third-order valence-corrected chi connectivity index (χ3v) is 11.8. The summed E-state index contributed by atoms with van der Waals surface area (Å²) in [5.74, 6) is 1.63. The fraction of sp³-hybridized carbons (Fsp3) is 0.939. The summed E-state index contributed by atoms with van der Waals surface area (Å²) < 4.78 is 5.31. The summed E-state index contributed by atoms with van der Waals surface area (Å²) in [6.45, 7) is 9.42. The maximum atomic E-state index is 2.65. The van der Waals surface area contributed by atoms with E-state index in [2.05, 4.69) is 42.3 Å². The second-order valence-electron chi connectivity index (χ2n) is 16.9. The maximum Gasteiger partial charge on any atom is 0.256 e. The van der Waals surface area contributed by atoms with Crippen LogP contribution in [0.15, 0.2) is 12.4 Å². The van der Waals surface area contributed by atoms with E-state index in [1.165, 1.54) is 276 Å². The van der Waals surface area contributed by atoms with Crippen molar-refractivity contribution in [2.45, 2.75) is 297 Å². The maximum absolute atomic E-state index is 2.65. The van der Waals surface area contributed by atoms with Crippen LogP contribution >= 0.6 is 0 Å². The average molecular weight is 714 g/mol. The fourth-order valence-electron chi connectivity index (χ4n) is 8.27. The molecule has 0 unspecified atom stereocenters. The van der Waals surface area contributed by atoms with Gasteiger partial charge >= 0.3 is 0 Å². The molecule has 0 spiro atoms. The Bertz CT molecular complexity index is 781. The SMILES string of the molecule is CCCCCCCCCCCCCCCCCCn1cc[n+](CCCCCCCCCCCCCCCC)c1CCCCCCCCCCCC. The summed E-state index contributed by atoms with van der Waals surface area (Å²) in [6, 6.07) is 0. The van der Waals surface area contributed by atoms with E-state index < -0.39 is 0 Å². The van der Waals surface area contributed by atoms with Gasteiger partial charge in [-0.25, -0.2) is 9.13 Å². The van der Waals surface area contributed by atoms with Gasteiger partial charge in [-0.1, -0.05) is 245 Å². The highest BCUT2D eigenvalue weighted by Crippen LogP contribution is 2.17. The fourth-order valence-corrected chi connectivity index (χ4v) is 8.27. The molecule has 2 nitrogen and oxygen atoms in total. The van der Waals surface area contributed by atoms with E-state index in [4.69, 9.17) is 0 Å². The molecule has 0 saturated carbocycles. The number of aromatic nitrogens is 2. The van der Waals surface area contributed by atoms with Crippen molar-refractivity contribution < 1.29 is 4.57 Å². The molecule has 1 heterocycles. The van der Waals surface area contributed by atoms with Gasteiger partial charge in [0.1, 0.15) is 12.4 Å². The van der Waals surface area contributed by atoms with Gasteiger partial charge in [-0.3, -0.25) is 0 Å². The molecule has 0 saturated heterocycles. The molecule has 1 rings (SSSR count). The van der Waals surface area contributed by atoms with Gasteiger partial charge in [0.05, 0.1) is 13.1 Å². The Balaban J connectivity index is 2.24. The van der Waals surface area contributed by atoms with Crippen LogP contribution in [0.25, 0.3) is 0 Å². The number of unbranched alkanes of at least 4 members (excludes halogenated alkanes) is 37. The lowest BCUT2D eigenvalue weighted by molar-refractivity contribution is -0.704. The minimum absolute atomic E-state index is 1.23. The summed E-state index contributed by atoms with van der Waals surface area (Å²) in [5, 5.41) is 0. The quantitative estimate of drug-likeness (QED) is 0.0471. The lowest BCUT2D eigenvalue weighted by Gasteiger charge is -2.07. The third-order valence-electron chi connectivity index (χ3n) is 11.8. The molecular formula is C49H97N2+. The molecule has 51 heavy (non-hydrogen) atoms. The van der Waals surface area contributed by atoms with Crippen molar-refractivity contribution in [2.75, 3.05) is 0 Å². The van der Waals surface area contributed by atoms with Gasteiger partial charge in [0.15, 0.2) is 0 Å². The lowest BCUT2D eigenvalue weighted by atomic mass is 10.0. The number of nitrogens with zero attached hydrogens (tertiary/aromatic N) is 2. The van der Waals surface area contributed by atoms with Crippen molar-refractivity contribution in [1.29, 1.82) is 0 Å². The Labute approximate surface area is 323 Å². The molecule has 2 heteroatoms. The third kappa shape index (κ3) is 32.4. The molecule has 0 bridgehead atoms. The van der Waals surface area contributed by atoms with E-state index >= 15 is 0 Å². The first-order valence-corrected chi connectivity index (χ1v) is 24.4. The van der Waals surface area contributed by atoms with Crippen LogP contribution in [0.1, 0.15) is 283 Å².